The number of aliphatic hydroxyl groups is 1. The molecule has 0 saturated heterocycles. The van der Waals surface area contributed by atoms with Gasteiger partial charge in [0.05, 0.1) is 11.6 Å². The first kappa shape index (κ1) is 13.3. The van der Waals surface area contributed by atoms with Crippen LogP contribution in [-0.2, 0) is 6.42 Å². The summed E-state index contributed by atoms with van der Waals surface area (Å²) in [6.45, 7) is 0. The Hall–Kier alpha value is -1.71. The Labute approximate surface area is 122 Å². The van der Waals surface area contributed by atoms with Crippen LogP contribution in [0, 0.1) is 0 Å². The number of aromatic nitrogens is 1. The largest absolute Gasteiger partial charge is 0.388 e. The molecule has 0 fully saturated rings. The van der Waals surface area contributed by atoms with E-state index in [9.17, 15) is 5.11 Å². The van der Waals surface area contributed by atoms with E-state index in [1.54, 1.807) is 17.5 Å². The van der Waals surface area contributed by atoms with Crippen molar-refractivity contribution in [3.63, 3.8) is 0 Å². The number of rotatable bonds is 5. The average molecular weight is 283 g/mol. The van der Waals surface area contributed by atoms with Gasteiger partial charge in [-0.15, -0.1) is 11.3 Å². The Morgan fingerprint density at radius 2 is 2.10 bits per heavy atom. The molecule has 3 aromatic rings. The van der Waals surface area contributed by atoms with Gasteiger partial charge < -0.3 is 5.11 Å². The average Bonchev–Trinajstić information content (AvgIpc) is 3.00. The second-order valence-corrected chi connectivity index (χ2v) is 5.98. The molecular formula is C17H17NOS. The van der Waals surface area contributed by atoms with E-state index in [-0.39, 0.29) is 6.10 Å². The Balaban J connectivity index is 1.64. The van der Waals surface area contributed by atoms with Crippen molar-refractivity contribution in [3.05, 3.63) is 64.5 Å². The molecule has 0 amide bonds. The number of aryl methyl sites for hydroxylation is 1. The van der Waals surface area contributed by atoms with Crippen molar-refractivity contribution < 1.29 is 5.11 Å². The van der Waals surface area contributed by atoms with Crippen molar-refractivity contribution in [2.24, 2.45) is 0 Å². The Bertz CT molecular complexity index is 678. The number of pyridine rings is 1. The van der Waals surface area contributed by atoms with E-state index in [0.717, 1.165) is 35.7 Å². The molecule has 0 spiro atoms. The summed E-state index contributed by atoms with van der Waals surface area (Å²) in [7, 11) is 0. The number of fused-ring (bicyclic) bond motifs is 1. The Morgan fingerprint density at radius 1 is 1.15 bits per heavy atom. The second-order valence-electron chi connectivity index (χ2n) is 4.94. The zero-order valence-electron chi connectivity index (χ0n) is 11.2. The standard InChI is InChI=1S/C17H17NOS/c19-17(7-1-5-15-6-3-11-20-15)14-8-9-16-13(12-14)4-2-10-18-16/h2-4,6,8-12,17,19H,1,5,7H2. The van der Waals surface area contributed by atoms with Crippen LogP contribution in [0.15, 0.2) is 54.0 Å². The summed E-state index contributed by atoms with van der Waals surface area (Å²) in [6.07, 6.45) is 4.25. The van der Waals surface area contributed by atoms with Crippen LogP contribution in [0.2, 0.25) is 0 Å². The Morgan fingerprint density at radius 3 is 2.95 bits per heavy atom. The molecule has 2 aromatic heterocycles. The molecule has 0 bridgehead atoms. The lowest BCUT2D eigenvalue weighted by Crippen LogP contribution is -1.98. The van der Waals surface area contributed by atoms with Gasteiger partial charge in [0.25, 0.3) is 0 Å². The molecule has 0 radical (unpaired) electrons. The third kappa shape index (κ3) is 3.06. The van der Waals surface area contributed by atoms with Crippen LogP contribution in [0.4, 0.5) is 0 Å². The molecular weight excluding hydrogens is 266 g/mol. The maximum Gasteiger partial charge on any atom is 0.0790 e. The summed E-state index contributed by atoms with van der Waals surface area (Å²) >= 11 is 1.78. The highest BCUT2D eigenvalue weighted by Gasteiger charge is 2.08. The molecule has 3 heteroatoms. The lowest BCUT2D eigenvalue weighted by molar-refractivity contribution is 0.165. The van der Waals surface area contributed by atoms with E-state index >= 15 is 0 Å². The predicted molar refractivity (Wildman–Crippen MR) is 84.0 cm³/mol. The Kier molecular flexibility index (Phi) is 4.09. The number of hydrogen-bond acceptors (Lipinski definition) is 3. The smallest absolute Gasteiger partial charge is 0.0790 e. The van der Waals surface area contributed by atoms with Gasteiger partial charge in [-0.3, -0.25) is 4.98 Å². The second kappa shape index (κ2) is 6.16. The van der Waals surface area contributed by atoms with Gasteiger partial charge in [0.15, 0.2) is 0 Å². The summed E-state index contributed by atoms with van der Waals surface area (Å²) in [5.41, 5.74) is 1.96. The van der Waals surface area contributed by atoms with Crippen LogP contribution in [0.5, 0.6) is 0 Å². The van der Waals surface area contributed by atoms with E-state index in [1.165, 1.54) is 4.88 Å². The van der Waals surface area contributed by atoms with Crippen LogP contribution < -0.4 is 0 Å². The number of nitrogens with zero attached hydrogens (tertiary/aromatic N) is 1. The molecule has 1 unspecified atom stereocenters. The first-order valence-corrected chi connectivity index (χ1v) is 7.76. The molecule has 3 rings (SSSR count). The van der Waals surface area contributed by atoms with Crippen molar-refractivity contribution in [2.75, 3.05) is 0 Å². The summed E-state index contributed by atoms with van der Waals surface area (Å²) < 4.78 is 0. The molecule has 1 aromatic carbocycles. The molecule has 2 heterocycles. The quantitative estimate of drug-likeness (QED) is 0.755. The van der Waals surface area contributed by atoms with Gasteiger partial charge >= 0.3 is 0 Å². The zero-order chi connectivity index (χ0) is 13.8. The summed E-state index contributed by atoms with van der Waals surface area (Å²) in [5, 5.41) is 13.5. The lowest BCUT2D eigenvalue weighted by atomic mass is 10.0. The van der Waals surface area contributed by atoms with Gasteiger partial charge in [-0.25, -0.2) is 0 Å². The van der Waals surface area contributed by atoms with E-state index in [4.69, 9.17) is 0 Å². The lowest BCUT2D eigenvalue weighted by Gasteiger charge is -2.11. The van der Waals surface area contributed by atoms with Gasteiger partial charge in [0.1, 0.15) is 0 Å². The topological polar surface area (TPSA) is 33.1 Å². The zero-order valence-corrected chi connectivity index (χ0v) is 12.0. The van der Waals surface area contributed by atoms with Crippen LogP contribution >= 0.6 is 11.3 Å². The molecule has 0 aliphatic carbocycles. The normalized spacial score (nSPS) is 12.7. The van der Waals surface area contributed by atoms with E-state index in [0.29, 0.717) is 0 Å². The van der Waals surface area contributed by atoms with Crippen molar-refractivity contribution in [1.29, 1.82) is 0 Å². The fourth-order valence-electron chi connectivity index (χ4n) is 2.39. The van der Waals surface area contributed by atoms with Crippen LogP contribution in [-0.4, -0.2) is 10.1 Å². The maximum absolute atomic E-state index is 10.3. The third-order valence-electron chi connectivity index (χ3n) is 3.49. The maximum atomic E-state index is 10.3. The van der Waals surface area contributed by atoms with Crippen LogP contribution in [0.25, 0.3) is 10.9 Å². The molecule has 0 aliphatic rings. The fourth-order valence-corrected chi connectivity index (χ4v) is 3.14. The van der Waals surface area contributed by atoms with Gasteiger partial charge in [0.2, 0.25) is 0 Å². The minimum atomic E-state index is -0.389. The highest BCUT2D eigenvalue weighted by molar-refractivity contribution is 7.09. The molecule has 2 nitrogen and oxygen atoms in total. The number of aliphatic hydroxyl groups excluding tert-OH is 1. The SMILES string of the molecule is OC(CCCc1cccs1)c1ccc2ncccc2c1. The molecule has 0 aliphatic heterocycles. The number of benzene rings is 1. The van der Waals surface area contributed by atoms with Crippen molar-refractivity contribution in [2.45, 2.75) is 25.4 Å². The summed E-state index contributed by atoms with van der Waals surface area (Å²) in [6, 6.07) is 14.2. The number of hydrogen-bond donors (Lipinski definition) is 1. The monoisotopic (exact) mass is 283 g/mol. The molecule has 0 saturated carbocycles. The van der Waals surface area contributed by atoms with E-state index in [2.05, 4.69) is 22.5 Å². The molecule has 102 valence electrons. The first-order valence-electron chi connectivity index (χ1n) is 6.88. The summed E-state index contributed by atoms with van der Waals surface area (Å²) in [5.74, 6) is 0. The predicted octanol–water partition coefficient (Wildman–Crippen LogP) is 4.35. The number of thiophene rings is 1. The van der Waals surface area contributed by atoms with E-state index < -0.39 is 0 Å². The molecule has 1 N–H and O–H groups in total. The minimum absolute atomic E-state index is 0.389. The molecule has 1 atom stereocenters. The van der Waals surface area contributed by atoms with Gasteiger partial charge in [-0.1, -0.05) is 18.2 Å². The van der Waals surface area contributed by atoms with Crippen molar-refractivity contribution in [3.8, 4) is 0 Å². The fraction of sp³-hybridized carbons (Fsp3) is 0.235. The van der Waals surface area contributed by atoms with Gasteiger partial charge in [0, 0.05) is 16.5 Å². The van der Waals surface area contributed by atoms with Crippen molar-refractivity contribution in [1.82, 2.24) is 4.98 Å². The highest BCUT2D eigenvalue weighted by atomic mass is 32.1. The van der Waals surface area contributed by atoms with Crippen LogP contribution in [0.3, 0.4) is 0 Å². The highest BCUT2D eigenvalue weighted by Crippen LogP contribution is 2.23. The third-order valence-corrected chi connectivity index (χ3v) is 4.43. The first-order chi connectivity index (χ1) is 9.83. The minimum Gasteiger partial charge on any atom is -0.388 e. The molecule has 20 heavy (non-hydrogen) atoms. The van der Waals surface area contributed by atoms with Crippen molar-refractivity contribution >= 4 is 22.2 Å². The van der Waals surface area contributed by atoms with E-state index in [1.807, 2.05) is 30.3 Å². The van der Waals surface area contributed by atoms with Crippen LogP contribution in [0.1, 0.15) is 29.4 Å². The van der Waals surface area contributed by atoms with Gasteiger partial charge in [-0.2, -0.15) is 0 Å². The van der Waals surface area contributed by atoms with Gasteiger partial charge in [-0.05, 0) is 54.5 Å². The summed E-state index contributed by atoms with van der Waals surface area (Å²) in [4.78, 5) is 5.69.